The van der Waals surface area contributed by atoms with Crippen molar-refractivity contribution in [3.8, 4) is 11.5 Å². The summed E-state index contributed by atoms with van der Waals surface area (Å²) < 4.78 is 14.3. The Bertz CT molecular complexity index is 686. The first-order valence-electron chi connectivity index (χ1n) is 5.85. The molecule has 0 fully saturated rings. The number of rotatable bonds is 3. The van der Waals surface area contributed by atoms with Gasteiger partial charge in [-0.25, -0.2) is 0 Å². The van der Waals surface area contributed by atoms with E-state index in [0.29, 0.717) is 0 Å². The molecule has 0 unspecified atom stereocenters. The maximum Gasteiger partial charge on any atom is 0.171 e. The van der Waals surface area contributed by atoms with Crippen molar-refractivity contribution in [1.29, 1.82) is 0 Å². The molecule has 0 atom stereocenters. The van der Waals surface area contributed by atoms with Crippen molar-refractivity contribution in [3.05, 3.63) is 29.8 Å². The van der Waals surface area contributed by atoms with Crippen molar-refractivity contribution in [2.75, 3.05) is 11.9 Å². The third-order valence-electron chi connectivity index (χ3n) is 2.74. The van der Waals surface area contributed by atoms with Crippen LogP contribution in [0.2, 0.25) is 0 Å². The minimum absolute atomic E-state index is 0.764. The third-order valence-corrected chi connectivity index (χ3v) is 3.27. The summed E-state index contributed by atoms with van der Waals surface area (Å²) >= 11 is 1.19. The third kappa shape index (κ3) is 1.86. The molecule has 2 aromatic heterocycles. The molecule has 0 saturated carbocycles. The van der Waals surface area contributed by atoms with Crippen LogP contribution < -0.4 is 5.32 Å². The fourth-order valence-corrected chi connectivity index (χ4v) is 2.44. The SMILES string of the molecule is CCNc1nsnc1-c1cc2cc(C)ccc2o1. The number of furan rings is 1. The molecule has 0 bridgehead atoms. The summed E-state index contributed by atoms with van der Waals surface area (Å²) in [6.45, 7) is 4.92. The van der Waals surface area contributed by atoms with Gasteiger partial charge in [0.05, 0.1) is 11.7 Å². The molecule has 4 nitrogen and oxygen atoms in total. The van der Waals surface area contributed by atoms with Gasteiger partial charge in [0.2, 0.25) is 0 Å². The summed E-state index contributed by atoms with van der Waals surface area (Å²) in [7, 11) is 0. The topological polar surface area (TPSA) is 51.0 Å². The van der Waals surface area contributed by atoms with Crippen molar-refractivity contribution in [2.24, 2.45) is 0 Å². The number of nitrogens with zero attached hydrogens (tertiary/aromatic N) is 2. The maximum atomic E-state index is 5.82. The summed E-state index contributed by atoms with van der Waals surface area (Å²) in [6, 6.07) is 8.15. The van der Waals surface area contributed by atoms with Crippen LogP contribution in [-0.2, 0) is 0 Å². The van der Waals surface area contributed by atoms with Gasteiger partial charge in [0.1, 0.15) is 5.58 Å². The molecule has 3 rings (SSSR count). The Hall–Kier alpha value is -1.88. The zero-order valence-corrected chi connectivity index (χ0v) is 11.0. The van der Waals surface area contributed by atoms with Crippen LogP contribution in [0.15, 0.2) is 28.7 Å². The second-order valence-electron chi connectivity index (χ2n) is 4.14. The van der Waals surface area contributed by atoms with Gasteiger partial charge in [-0.2, -0.15) is 8.75 Å². The van der Waals surface area contributed by atoms with E-state index in [-0.39, 0.29) is 0 Å². The zero-order chi connectivity index (χ0) is 12.5. The molecule has 0 aliphatic carbocycles. The maximum absolute atomic E-state index is 5.82. The van der Waals surface area contributed by atoms with Crippen LogP contribution in [0.5, 0.6) is 0 Å². The van der Waals surface area contributed by atoms with Crippen LogP contribution in [0.1, 0.15) is 12.5 Å². The quantitative estimate of drug-likeness (QED) is 0.779. The van der Waals surface area contributed by atoms with E-state index in [4.69, 9.17) is 4.42 Å². The molecular formula is C13H13N3OS. The molecule has 92 valence electrons. The number of hydrogen-bond acceptors (Lipinski definition) is 5. The minimum atomic E-state index is 0.764. The predicted molar refractivity (Wildman–Crippen MR) is 74.0 cm³/mol. The molecule has 18 heavy (non-hydrogen) atoms. The summed E-state index contributed by atoms with van der Waals surface area (Å²) in [5, 5.41) is 4.28. The van der Waals surface area contributed by atoms with Crippen LogP contribution in [-0.4, -0.2) is 15.3 Å². The highest BCUT2D eigenvalue weighted by atomic mass is 32.1. The summed E-state index contributed by atoms with van der Waals surface area (Å²) in [5.41, 5.74) is 2.89. The molecule has 2 heterocycles. The number of aromatic nitrogens is 2. The molecule has 0 radical (unpaired) electrons. The average molecular weight is 259 g/mol. The summed E-state index contributed by atoms with van der Waals surface area (Å²) in [4.78, 5) is 0. The number of benzene rings is 1. The number of fused-ring (bicyclic) bond motifs is 1. The van der Waals surface area contributed by atoms with Gasteiger partial charge >= 0.3 is 0 Å². The molecule has 0 amide bonds. The largest absolute Gasteiger partial charge is 0.454 e. The monoisotopic (exact) mass is 259 g/mol. The lowest BCUT2D eigenvalue weighted by atomic mass is 10.2. The molecular weight excluding hydrogens is 246 g/mol. The molecule has 0 saturated heterocycles. The summed E-state index contributed by atoms with van der Waals surface area (Å²) in [6.07, 6.45) is 0. The van der Waals surface area contributed by atoms with Gasteiger partial charge in [-0.05, 0) is 32.0 Å². The number of hydrogen-bond donors (Lipinski definition) is 1. The fraction of sp³-hybridized carbons (Fsp3) is 0.231. The highest BCUT2D eigenvalue weighted by Gasteiger charge is 2.14. The first kappa shape index (κ1) is 11.2. The Morgan fingerprint density at radius 3 is 3.00 bits per heavy atom. The van der Waals surface area contributed by atoms with E-state index in [1.165, 1.54) is 17.3 Å². The molecule has 3 aromatic rings. The molecule has 0 spiro atoms. The lowest BCUT2D eigenvalue weighted by molar-refractivity contribution is 0.629. The van der Waals surface area contributed by atoms with Crippen molar-refractivity contribution in [2.45, 2.75) is 13.8 Å². The van der Waals surface area contributed by atoms with Crippen molar-refractivity contribution >= 4 is 28.5 Å². The molecule has 0 aliphatic heterocycles. The Kier molecular flexibility index (Phi) is 2.76. The van der Waals surface area contributed by atoms with E-state index in [0.717, 1.165) is 34.8 Å². The summed E-state index contributed by atoms with van der Waals surface area (Å²) in [5.74, 6) is 1.55. The van der Waals surface area contributed by atoms with Crippen molar-refractivity contribution in [1.82, 2.24) is 8.75 Å². The fourth-order valence-electron chi connectivity index (χ4n) is 1.91. The Balaban J connectivity index is 2.10. The van der Waals surface area contributed by atoms with Crippen LogP contribution in [0.3, 0.4) is 0 Å². The molecule has 1 aromatic carbocycles. The van der Waals surface area contributed by atoms with Gasteiger partial charge in [-0.3, -0.25) is 0 Å². The Morgan fingerprint density at radius 1 is 1.28 bits per heavy atom. The predicted octanol–water partition coefficient (Wildman–Crippen LogP) is 3.69. The van der Waals surface area contributed by atoms with Crippen LogP contribution in [0.25, 0.3) is 22.4 Å². The second kappa shape index (κ2) is 4.42. The highest BCUT2D eigenvalue weighted by Crippen LogP contribution is 2.31. The van der Waals surface area contributed by atoms with Gasteiger partial charge in [-0.15, -0.1) is 0 Å². The van der Waals surface area contributed by atoms with Crippen molar-refractivity contribution in [3.63, 3.8) is 0 Å². The van der Waals surface area contributed by atoms with E-state index in [2.05, 4.69) is 27.1 Å². The molecule has 1 N–H and O–H groups in total. The minimum Gasteiger partial charge on any atom is -0.454 e. The van der Waals surface area contributed by atoms with E-state index in [1.54, 1.807) is 0 Å². The Labute approximate surface area is 109 Å². The lowest BCUT2D eigenvalue weighted by Crippen LogP contribution is -1.97. The van der Waals surface area contributed by atoms with Crippen LogP contribution in [0, 0.1) is 6.92 Å². The van der Waals surface area contributed by atoms with E-state index < -0.39 is 0 Å². The number of nitrogens with one attached hydrogen (secondary N) is 1. The first-order chi connectivity index (χ1) is 8.78. The van der Waals surface area contributed by atoms with Crippen molar-refractivity contribution < 1.29 is 4.42 Å². The zero-order valence-electron chi connectivity index (χ0n) is 10.2. The second-order valence-corrected chi connectivity index (χ2v) is 4.67. The van der Waals surface area contributed by atoms with Gasteiger partial charge in [-0.1, -0.05) is 11.6 Å². The molecule has 5 heteroatoms. The lowest BCUT2D eigenvalue weighted by Gasteiger charge is -1.98. The van der Waals surface area contributed by atoms with Gasteiger partial charge in [0.25, 0.3) is 0 Å². The van der Waals surface area contributed by atoms with E-state index in [1.807, 2.05) is 25.1 Å². The smallest absolute Gasteiger partial charge is 0.171 e. The van der Waals surface area contributed by atoms with E-state index >= 15 is 0 Å². The average Bonchev–Trinajstić information content (AvgIpc) is 2.94. The van der Waals surface area contributed by atoms with Crippen LogP contribution in [0.4, 0.5) is 5.82 Å². The first-order valence-corrected chi connectivity index (χ1v) is 6.58. The highest BCUT2D eigenvalue weighted by molar-refractivity contribution is 6.99. The van der Waals surface area contributed by atoms with Gasteiger partial charge in [0.15, 0.2) is 17.3 Å². The molecule has 0 aliphatic rings. The van der Waals surface area contributed by atoms with E-state index in [9.17, 15) is 0 Å². The standard InChI is InChI=1S/C13H13N3OS/c1-3-14-13-12(15-18-16-13)11-7-9-6-8(2)4-5-10(9)17-11/h4-7H,3H2,1-2H3,(H,14,16). The van der Waals surface area contributed by atoms with Gasteiger partial charge in [0, 0.05) is 11.9 Å². The Morgan fingerprint density at radius 2 is 2.17 bits per heavy atom. The van der Waals surface area contributed by atoms with Crippen LogP contribution >= 0.6 is 11.7 Å². The normalized spacial score (nSPS) is 11.0. The number of anilines is 1. The van der Waals surface area contributed by atoms with Gasteiger partial charge < -0.3 is 9.73 Å². The number of aryl methyl sites for hydroxylation is 1.